The van der Waals surface area contributed by atoms with Gasteiger partial charge in [0.2, 0.25) is 5.91 Å². The smallest absolute Gasteiger partial charge is 0.251 e. The van der Waals surface area contributed by atoms with Crippen molar-refractivity contribution in [3.8, 4) is 0 Å². The van der Waals surface area contributed by atoms with Gasteiger partial charge in [-0.1, -0.05) is 0 Å². The number of hydrogen-bond acceptors (Lipinski definition) is 5. The van der Waals surface area contributed by atoms with Gasteiger partial charge in [0.15, 0.2) is 0 Å². The molecule has 0 aromatic rings. The largest absolute Gasteiger partial charge is 0.383 e. The van der Waals surface area contributed by atoms with Crippen molar-refractivity contribution in [1.29, 1.82) is 0 Å². The minimum Gasteiger partial charge on any atom is -0.383 e. The van der Waals surface area contributed by atoms with Crippen LogP contribution < -0.4 is 16.4 Å². The molecule has 7 nitrogen and oxygen atoms in total. The van der Waals surface area contributed by atoms with Crippen LogP contribution in [0.1, 0.15) is 6.92 Å². The van der Waals surface area contributed by atoms with Crippen molar-refractivity contribution in [2.24, 2.45) is 5.73 Å². The first-order valence-electron chi connectivity index (χ1n) is 5.36. The summed E-state index contributed by atoms with van der Waals surface area (Å²) in [6.07, 6.45) is -0.732. The molecule has 7 heteroatoms. The van der Waals surface area contributed by atoms with Crippen LogP contribution in [-0.2, 0) is 19.1 Å². The van der Waals surface area contributed by atoms with Gasteiger partial charge in [-0.2, -0.15) is 0 Å². The molecule has 0 saturated carbocycles. The van der Waals surface area contributed by atoms with E-state index in [1.54, 1.807) is 14.0 Å². The molecule has 2 unspecified atom stereocenters. The molecular weight excluding hydrogens is 226 g/mol. The number of methoxy groups -OCH3 is 2. The summed E-state index contributed by atoms with van der Waals surface area (Å²) in [5.74, 6) is -0.674. The third kappa shape index (κ3) is 6.20. The van der Waals surface area contributed by atoms with Crippen molar-refractivity contribution in [3.05, 3.63) is 0 Å². The van der Waals surface area contributed by atoms with Gasteiger partial charge < -0.3 is 25.8 Å². The predicted molar refractivity (Wildman–Crippen MR) is 62.3 cm³/mol. The van der Waals surface area contributed by atoms with Crippen LogP contribution in [0.2, 0.25) is 0 Å². The molecule has 17 heavy (non-hydrogen) atoms. The number of rotatable bonds is 8. The number of ether oxygens (including phenoxy) is 2. The van der Waals surface area contributed by atoms with E-state index in [-0.39, 0.29) is 12.5 Å². The van der Waals surface area contributed by atoms with E-state index >= 15 is 0 Å². The molecule has 0 bridgehead atoms. The lowest BCUT2D eigenvalue weighted by Gasteiger charge is -2.17. The molecular formula is C10H21N3O4. The molecule has 2 amide bonds. The van der Waals surface area contributed by atoms with Crippen molar-refractivity contribution in [2.75, 3.05) is 33.9 Å². The van der Waals surface area contributed by atoms with Crippen molar-refractivity contribution in [2.45, 2.75) is 19.1 Å². The van der Waals surface area contributed by atoms with E-state index in [2.05, 4.69) is 10.6 Å². The van der Waals surface area contributed by atoms with E-state index in [1.807, 2.05) is 0 Å². The second-order valence-corrected chi connectivity index (χ2v) is 3.47. The molecule has 0 aliphatic rings. The van der Waals surface area contributed by atoms with Gasteiger partial charge in [-0.25, -0.2) is 0 Å². The fourth-order valence-corrected chi connectivity index (χ4v) is 1.11. The molecule has 0 saturated heterocycles. The summed E-state index contributed by atoms with van der Waals surface area (Å²) in [6, 6.07) is -0.636. The lowest BCUT2D eigenvalue weighted by Crippen LogP contribution is -2.50. The number of carbonyl (C=O) groups excluding carboxylic acids is 2. The molecule has 0 spiro atoms. The monoisotopic (exact) mass is 247 g/mol. The number of nitrogens with two attached hydrogens (primary N) is 1. The Morgan fingerprint density at radius 1 is 1.29 bits per heavy atom. The summed E-state index contributed by atoms with van der Waals surface area (Å²) in [5.41, 5.74) is 5.33. The minimum atomic E-state index is -0.732. The lowest BCUT2D eigenvalue weighted by molar-refractivity contribution is -0.134. The second-order valence-electron chi connectivity index (χ2n) is 3.47. The molecule has 100 valence electrons. The summed E-state index contributed by atoms with van der Waals surface area (Å²) in [7, 11) is 2.93. The van der Waals surface area contributed by atoms with Crippen LogP contribution in [-0.4, -0.2) is 57.9 Å². The zero-order valence-corrected chi connectivity index (χ0v) is 10.5. The summed E-state index contributed by atoms with van der Waals surface area (Å²) in [6.45, 7) is 2.49. The van der Waals surface area contributed by atoms with Crippen molar-refractivity contribution in [1.82, 2.24) is 10.6 Å². The summed E-state index contributed by atoms with van der Waals surface area (Å²) in [4.78, 5) is 23.0. The summed E-state index contributed by atoms with van der Waals surface area (Å²) in [5, 5.41) is 5.12. The Labute approximate surface area is 101 Å². The second kappa shape index (κ2) is 8.91. The van der Waals surface area contributed by atoms with E-state index < -0.39 is 18.1 Å². The molecule has 0 aromatic carbocycles. The molecule has 0 heterocycles. The van der Waals surface area contributed by atoms with Crippen molar-refractivity contribution < 1.29 is 19.1 Å². The zero-order valence-electron chi connectivity index (χ0n) is 10.5. The van der Waals surface area contributed by atoms with Crippen LogP contribution in [0, 0.1) is 0 Å². The minimum absolute atomic E-state index is 0.0698. The first kappa shape index (κ1) is 15.8. The Hall–Kier alpha value is -1.18. The van der Waals surface area contributed by atoms with Crippen LogP contribution in [0.5, 0.6) is 0 Å². The highest BCUT2D eigenvalue weighted by atomic mass is 16.5. The van der Waals surface area contributed by atoms with E-state index in [0.29, 0.717) is 13.2 Å². The van der Waals surface area contributed by atoms with Gasteiger partial charge in [-0.05, 0) is 6.92 Å². The van der Waals surface area contributed by atoms with E-state index in [0.717, 1.165) is 0 Å². The molecule has 0 aromatic heterocycles. The molecule has 0 rings (SSSR count). The Morgan fingerprint density at radius 2 is 1.94 bits per heavy atom. The molecule has 0 aliphatic carbocycles. The maximum atomic E-state index is 11.5. The Kier molecular flexibility index (Phi) is 8.29. The lowest BCUT2D eigenvalue weighted by atomic mass is 10.2. The van der Waals surface area contributed by atoms with E-state index in [4.69, 9.17) is 15.2 Å². The van der Waals surface area contributed by atoms with E-state index in [1.165, 1.54) is 7.11 Å². The first-order chi connectivity index (χ1) is 8.06. The quantitative estimate of drug-likeness (QED) is 0.440. The molecule has 0 radical (unpaired) electrons. The first-order valence-corrected chi connectivity index (χ1v) is 5.36. The topological polar surface area (TPSA) is 103 Å². The van der Waals surface area contributed by atoms with Crippen LogP contribution in [0.25, 0.3) is 0 Å². The third-order valence-corrected chi connectivity index (χ3v) is 2.15. The van der Waals surface area contributed by atoms with Crippen LogP contribution >= 0.6 is 0 Å². The van der Waals surface area contributed by atoms with Gasteiger partial charge in [0, 0.05) is 27.3 Å². The van der Waals surface area contributed by atoms with Crippen molar-refractivity contribution >= 4 is 11.8 Å². The normalized spacial score (nSPS) is 13.9. The fourth-order valence-electron chi connectivity index (χ4n) is 1.11. The number of hydrogen-bond donors (Lipinski definition) is 3. The number of amides is 2. The van der Waals surface area contributed by atoms with Gasteiger partial charge in [0.05, 0.1) is 6.61 Å². The highest BCUT2D eigenvalue weighted by Crippen LogP contribution is 1.90. The number of carbonyl (C=O) groups is 2. The van der Waals surface area contributed by atoms with Crippen LogP contribution in [0.3, 0.4) is 0 Å². The van der Waals surface area contributed by atoms with Gasteiger partial charge >= 0.3 is 0 Å². The Morgan fingerprint density at radius 3 is 2.41 bits per heavy atom. The summed E-state index contributed by atoms with van der Waals surface area (Å²) >= 11 is 0. The van der Waals surface area contributed by atoms with Crippen molar-refractivity contribution in [3.63, 3.8) is 0 Å². The van der Waals surface area contributed by atoms with Gasteiger partial charge in [0.1, 0.15) is 12.1 Å². The molecule has 0 fully saturated rings. The van der Waals surface area contributed by atoms with Gasteiger partial charge in [0.25, 0.3) is 5.91 Å². The van der Waals surface area contributed by atoms with Crippen LogP contribution in [0.4, 0.5) is 0 Å². The average Bonchev–Trinajstić information content (AvgIpc) is 2.30. The predicted octanol–water partition coefficient (Wildman–Crippen LogP) is -1.77. The number of nitrogens with one attached hydrogen (secondary N) is 2. The van der Waals surface area contributed by atoms with Crippen LogP contribution in [0.15, 0.2) is 0 Å². The molecule has 4 N–H and O–H groups in total. The maximum Gasteiger partial charge on any atom is 0.251 e. The SMILES string of the molecule is COCCNC(=O)C(C)NC(=O)C(CN)OC. The Bertz CT molecular complexity index is 244. The van der Waals surface area contributed by atoms with Gasteiger partial charge in [-0.15, -0.1) is 0 Å². The average molecular weight is 247 g/mol. The van der Waals surface area contributed by atoms with Gasteiger partial charge in [-0.3, -0.25) is 9.59 Å². The molecule has 2 atom stereocenters. The third-order valence-electron chi connectivity index (χ3n) is 2.15. The fraction of sp³-hybridized carbons (Fsp3) is 0.800. The van der Waals surface area contributed by atoms with E-state index in [9.17, 15) is 9.59 Å². The maximum absolute atomic E-state index is 11.5. The standard InChI is InChI=1S/C10H21N3O4/c1-7(9(14)12-4-5-16-2)13-10(15)8(6-11)17-3/h7-8H,4-6,11H2,1-3H3,(H,12,14)(H,13,15). The zero-order chi connectivity index (χ0) is 13.3. The molecule has 0 aliphatic heterocycles. The summed E-state index contributed by atoms with van der Waals surface area (Å²) < 4.78 is 9.64. The highest BCUT2D eigenvalue weighted by Gasteiger charge is 2.20. The highest BCUT2D eigenvalue weighted by molar-refractivity contribution is 5.89. The Balaban J connectivity index is 4.02.